The standard InChI is InChI=1S/C70H136O17P2/c1-6-9-12-15-18-21-22-23-24-25-26-27-28-29-30-31-32-33-35-40-46-51-56-70(75)87-66(60-81-68(73)54-49-44-41-36-37-42-47-52-63(4)5)62-85-89(78,79)83-58-64(71)57-82-88(76,77)84-61-65(59-80-67(72)53-48-43-38-20-17-14-11-8-3)86-69(74)55-50-45-39-34-19-16-13-10-7-2/h63-66,71H,6-62H2,1-5H3,(H,76,77)(H,78,79)/t64-,65+,66+/m0/s1. The summed E-state index contributed by atoms with van der Waals surface area (Å²) in [4.78, 5) is 72.3. The number of hydrogen-bond donors (Lipinski definition) is 3. The molecule has 0 rings (SSSR count). The van der Waals surface area contributed by atoms with E-state index in [1.807, 2.05) is 0 Å². The molecule has 0 saturated carbocycles. The number of phosphoric ester groups is 2. The van der Waals surface area contributed by atoms with E-state index >= 15 is 0 Å². The molecule has 0 aliphatic carbocycles. The van der Waals surface area contributed by atoms with Gasteiger partial charge in [0.25, 0.3) is 0 Å². The zero-order valence-corrected chi connectivity index (χ0v) is 59.4. The number of aliphatic hydroxyl groups is 1. The van der Waals surface area contributed by atoms with Crippen LogP contribution in [-0.4, -0.2) is 96.7 Å². The molecule has 89 heavy (non-hydrogen) atoms. The first kappa shape index (κ1) is 87.1. The van der Waals surface area contributed by atoms with E-state index < -0.39 is 97.5 Å². The van der Waals surface area contributed by atoms with E-state index in [1.54, 1.807) is 0 Å². The maximum atomic E-state index is 13.0. The van der Waals surface area contributed by atoms with Crippen molar-refractivity contribution in [3.63, 3.8) is 0 Å². The second-order valence-electron chi connectivity index (χ2n) is 25.7. The Morgan fingerprint density at radius 3 is 0.764 bits per heavy atom. The van der Waals surface area contributed by atoms with E-state index in [4.69, 9.17) is 37.0 Å². The predicted octanol–water partition coefficient (Wildman–Crippen LogP) is 20.1. The molecule has 0 aliphatic rings. The largest absolute Gasteiger partial charge is 0.472 e. The fourth-order valence-electron chi connectivity index (χ4n) is 10.6. The highest BCUT2D eigenvalue weighted by Gasteiger charge is 2.30. The molecule has 0 aromatic rings. The molecule has 0 heterocycles. The van der Waals surface area contributed by atoms with Crippen molar-refractivity contribution in [2.24, 2.45) is 5.92 Å². The molecule has 0 saturated heterocycles. The molecule has 528 valence electrons. The first-order valence-electron chi connectivity index (χ1n) is 36.6. The Hall–Kier alpha value is -1.94. The SMILES string of the molecule is CCCCCCCCCCCCCCCCCCCCCCCCC(=O)O[C@H](COC(=O)CCCCCCCCCC(C)C)COP(=O)(O)OC[C@@H](O)COP(=O)(O)OC[C@@H](COC(=O)CCCCCCCCCC)OC(=O)CCCCCCCCCCC. The number of ether oxygens (including phenoxy) is 4. The molecule has 0 amide bonds. The Labute approximate surface area is 543 Å². The molecule has 0 aliphatic heterocycles. The molecule has 0 aromatic heterocycles. The summed E-state index contributed by atoms with van der Waals surface area (Å²) >= 11 is 0. The minimum atomic E-state index is -4.95. The molecule has 2 unspecified atom stereocenters. The lowest BCUT2D eigenvalue weighted by Gasteiger charge is -2.21. The Balaban J connectivity index is 5.09. The van der Waals surface area contributed by atoms with Gasteiger partial charge in [0.2, 0.25) is 0 Å². The van der Waals surface area contributed by atoms with Crippen LogP contribution in [0.2, 0.25) is 0 Å². The normalized spacial score (nSPS) is 14.1. The van der Waals surface area contributed by atoms with E-state index in [0.717, 1.165) is 103 Å². The van der Waals surface area contributed by atoms with Crippen LogP contribution in [-0.2, 0) is 65.4 Å². The first-order valence-corrected chi connectivity index (χ1v) is 39.6. The van der Waals surface area contributed by atoms with Crippen molar-refractivity contribution in [1.82, 2.24) is 0 Å². The summed E-state index contributed by atoms with van der Waals surface area (Å²) in [5.74, 6) is -1.43. The number of unbranched alkanes of at least 4 members (excludes halogenated alkanes) is 42. The second-order valence-corrected chi connectivity index (χ2v) is 28.7. The maximum Gasteiger partial charge on any atom is 0.472 e. The third-order valence-electron chi connectivity index (χ3n) is 16.3. The minimum Gasteiger partial charge on any atom is -0.462 e. The Kier molecular flexibility index (Phi) is 62.1. The molecule has 0 bridgehead atoms. The highest BCUT2D eigenvalue weighted by Crippen LogP contribution is 2.45. The molecular formula is C70H136O17P2. The van der Waals surface area contributed by atoms with Crippen molar-refractivity contribution in [1.29, 1.82) is 0 Å². The fourth-order valence-corrected chi connectivity index (χ4v) is 12.2. The van der Waals surface area contributed by atoms with Gasteiger partial charge in [-0.15, -0.1) is 0 Å². The monoisotopic (exact) mass is 1310 g/mol. The lowest BCUT2D eigenvalue weighted by Crippen LogP contribution is -2.30. The van der Waals surface area contributed by atoms with Gasteiger partial charge in [-0.05, 0) is 31.6 Å². The average molecular weight is 1310 g/mol. The van der Waals surface area contributed by atoms with E-state index in [-0.39, 0.29) is 25.7 Å². The number of carbonyl (C=O) groups is 4. The Morgan fingerprint density at radius 1 is 0.303 bits per heavy atom. The quantitative estimate of drug-likeness (QED) is 0.0222. The van der Waals surface area contributed by atoms with Gasteiger partial charge in [-0.3, -0.25) is 37.3 Å². The van der Waals surface area contributed by atoms with Crippen molar-refractivity contribution >= 4 is 39.5 Å². The van der Waals surface area contributed by atoms with Gasteiger partial charge in [-0.2, -0.15) is 0 Å². The van der Waals surface area contributed by atoms with E-state index in [0.29, 0.717) is 31.6 Å². The lowest BCUT2D eigenvalue weighted by molar-refractivity contribution is -0.161. The molecule has 17 nitrogen and oxygen atoms in total. The van der Waals surface area contributed by atoms with Gasteiger partial charge >= 0.3 is 39.5 Å². The molecule has 0 spiro atoms. The number of rotatable bonds is 70. The van der Waals surface area contributed by atoms with Crippen LogP contribution in [0.3, 0.4) is 0 Å². The Morgan fingerprint density at radius 2 is 0.517 bits per heavy atom. The second kappa shape index (κ2) is 63.5. The number of carbonyl (C=O) groups excluding carboxylic acids is 4. The van der Waals surface area contributed by atoms with Crippen molar-refractivity contribution in [2.75, 3.05) is 39.6 Å². The van der Waals surface area contributed by atoms with E-state index in [1.165, 1.54) is 173 Å². The van der Waals surface area contributed by atoms with Crippen molar-refractivity contribution in [3.05, 3.63) is 0 Å². The number of esters is 4. The van der Waals surface area contributed by atoms with Crippen LogP contribution < -0.4 is 0 Å². The van der Waals surface area contributed by atoms with Crippen LogP contribution in [0.25, 0.3) is 0 Å². The zero-order valence-electron chi connectivity index (χ0n) is 57.6. The number of hydrogen-bond acceptors (Lipinski definition) is 15. The molecule has 0 fully saturated rings. The molecular weight excluding hydrogens is 1170 g/mol. The molecule has 0 radical (unpaired) electrons. The predicted molar refractivity (Wildman–Crippen MR) is 358 cm³/mol. The summed E-state index contributed by atoms with van der Waals surface area (Å²) in [5, 5.41) is 10.6. The highest BCUT2D eigenvalue weighted by molar-refractivity contribution is 7.47. The Bertz CT molecular complexity index is 1720. The van der Waals surface area contributed by atoms with Crippen molar-refractivity contribution in [2.45, 2.75) is 380 Å². The van der Waals surface area contributed by atoms with Crippen LogP contribution in [0.5, 0.6) is 0 Å². The average Bonchev–Trinajstić information content (AvgIpc) is 3.61. The van der Waals surface area contributed by atoms with Gasteiger partial charge in [0.15, 0.2) is 12.2 Å². The van der Waals surface area contributed by atoms with E-state index in [9.17, 15) is 43.2 Å². The van der Waals surface area contributed by atoms with Crippen LogP contribution in [0, 0.1) is 5.92 Å². The summed E-state index contributed by atoms with van der Waals surface area (Å²) in [5.41, 5.74) is 0. The van der Waals surface area contributed by atoms with Crippen LogP contribution in [0.15, 0.2) is 0 Å². The van der Waals surface area contributed by atoms with Gasteiger partial charge in [-0.1, -0.05) is 311 Å². The summed E-state index contributed by atoms with van der Waals surface area (Å²) < 4.78 is 68.1. The van der Waals surface area contributed by atoms with Gasteiger partial charge in [0.05, 0.1) is 26.4 Å². The molecule has 5 atom stereocenters. The topological polar surface area (TPSA) is 237 Å². The molecule has 19 heteroatoms. The fraction of sp³-hybridized carbons (Fsp3) is 0.943. The summed E-state index contributed by atoms with van der Waals surface area (Å²) in [6.45, 7) is 7.14. The van der Waals surface area contributed by atoms with Crippen molar-refractivity contribution < 1.29 is 80.2 Å². The van der Waals surface area contributed by atoms with Gasteiger partial charge < -0.3 is 33.8 Å². The van der Waals surface area contributed by atoms with Crippen LogP contribution in [0.1, 0.15) is 362 Å². The summed E-state index contributed by atoms with van der Waals surface area (Å²) in [7, 11) is -9.89. The number of aliphatic hydroxyl groups excluding tert-OH is 1. The lowest BCUT2D eigenvalue weighted by atomic mass is 10.0. The van der Waals surface area contributed by atoms with E-state index in [2.05, 4.69) is 34.6 Å². The summed E-state index contributed by atoms with van der Waals surface area (Å²) in [6.07, 6.45) is 50.4. The third kappa shape index (κ3) is 64.6. The van der Waals surface area contributed by atoms with Gasteiger partial charge in [0, 0.05) is 25.7 Å². The minimum absolute atomic E-state index is 0.106. The highest BCUT2D eigenvalue weighted by atomic mass is 31.2. The molecule has 3 N–H and O–H groups in total. The maximum absolute atomic E-state index is 13.0. The first-order chi connectivity index (χ1) is 43.0. The zero-order chi connectivity index (χ0) is 65.6. The van der Waals surface area contributed by atoms with Gasteiger partial charge in [0.1, 0.15) is 19.3 Å². The molecule has 0 aromatic carbocycles. The van der Waals surface area contributed by atoms with Crippen LogP contribution >= 0.6 is 15.6 Å². The van der Waals surface area contributed by atoms with Crippen molar-refractivity contribution in [3.8, 4) is 0 Å². The van der Waals surface area contributed by atoms with Crippen LogP contribution in [0.4, 0.5) is 0 Å². The summed E-state index contributed by atoms with van der Waals surface area (Å²) in [6, 6.07) is 0. The third-order valence-corrected chi connectivity index (χ3v) is 18.2. The number of phosphoric acid groups is 2. The smallest absolute Gasteiger partial charge is 0.462 e. The van der Waals surface area contributed by atoms with Gasteiger partial charge in [-0.25, -0.2) is 9.13 Å².